The van der Waals surface area contributed by atoms with Gasteiger partial charge < -0.3 is 5.32 Å². The zero-order chi connectivity index (χ0) is 13.0. The fourth-order valence-electron chi connectivity index (χ4n) is 2.17. The van der Waals surface area contributed by atoms with Crippen LogP contribution in [0.25, 0.3) is 0 Å². The van der Waals surface area contributed by atoms with Crippen molar-refractivity contribution in [2.45, 2.75) is 31.1 Å². The Hall–Kier alpha value is -1.14. The minimum absolute atomic E-state index is 0.0505. The molecule has 5 nitrogen and oxygen atoms in total. The maximum Gasteiger partial charge on any atom is 0.217 e. The van der Waals surface area contributed by atoms with Crippen molar-refractivity contribution in [3.8, 4) is 0 Å². The van der Waals surface area contributed by atoms with E-state index in [4.69, 9.17) is 0 Å². The second-order valence-electron chi connectivity index (χ2n) is 4.50. The van der Waals surface area contributed by atoms with Gasteiger partial charge in [-0.1, -0.05) is 11.8 Å². The van der Waals surface area contributed by atoms with Crippen molar-refractivity contribution >= 4 is 17.7 Å². The maximum atomic E-state index is 11.0. The van der Waals surface area contributed by atoms with E-state index >= 15 is 0 Å². The zero-order valence-corrected chi connectivity index (χ0v) is 11.5. The zero-order valence-electron chi connectivity index (χ0n) is 10.7. The molecule has 1 fully saturated rings. The van der Waals surface area contributed by atoms with Gasteiger partial charge in [-0.3, -0.25) is 9.69 Å². The summed E-state index contributed by atoms with van der Waals surface area (Å²) in [6, 6.07) is 0.286. The van der Waals surface area contributed by atoms with Crippen molar-refractivity contribution in [3.63, 3.8) is 0 Å². The first-order valence-electron chi connectivity index (χ1n) is 6.01. The highest BCUT2D eigenvalue weighted by atomic mass is 32.2. The van der Waals surface area contributed by atoms with Crippen LogP contribution in [0.2, 0.25) is 0 Å². The van der Waals surface area contributed by atoms with Gasteiger partial charge in [0, 0.05) is 50.6 Å². The molecule has 1 aliphatic heterocycles. The SMILES string of the molecule is CSc1ncc(CN2CCC(NC(C)=O)C2)cn1. The molecule has 18 heavy (non-hydrogen) atoms. The molecule has 2 heterocycles. The first-order valence-corrected chi connectivity index (χ1v) is 7.24. The van der Waals surface area contributed by atoms with Crippen LogP contribution in [-0.2, 0) is 11.3 Å². The van der Waals surface area contributed by atoms with Gasteiger partial charge in [0.05, 0.1) is 0 Å². The third-order valence-electron chi connectivity index (χ3n) is 2.95. The number of thioether (sulfide) groups is 1. The third kappa shape index (κ3) is 3.68. The number of carbonyl (C=O) groups is 1. The molecule has 0 spiro atoms. The van der Waals surface area contributed by atoms with E-state index < -0.39 is 0 Å². The Kier molecular flexibility index (Phi) is 4.54. The Morgan fingerprint density at radius 2 is 2.28 bits per heavy atom. The Bertz CT molecular complexity index is 409. The van der Waals surface area contributed by atoms with Gasteiger partial charge in [-0.2, -0.15) is 0 Å². The standard InChI is InChI=1S/C12H18N4OS/c1-9(17)15-11-3-4-16(8-11)7-10-5-13-12(18-2)14-6-10/h5-6,11H,3-4,7-8H2,1-2H3,(H,15,17). The van der Waals surface area contributed by atoms with Crippen LogP contribution >= 0.6 is 11.8 Å². The quantitative estimate of drug-likeness (QED) is 0.648. The number of amides is 1. The monoisotopic (exact) mass is 266 g/mol. The van der Waals surface area contributed by atoms with Crippen LogP contribution in [0.15, 0.2) is 17.6 Å². The van der Waals surface area contributed by atoms with Crippen LogP contribution in [-0.4, -0.2) is 46.2 Å². The van der Waals surface area contributed by atoms with Gasteiger partial charge >= 0.3 is 0 Å². The topological polar surface area (TPSA) is 58.1 Å². The summed E-state index contributed by atoms with van der Waals surface area (Å²) in [6.07, 6.45) is 6.74. The van der Waals surface area contributed by atoms with E-state index in [1.165, 1.54) is 0 Å². The molecule has 1 unspecified atom stereocenters. The molecule has 1 amide bonds. The molecule has 1 atom stereocenters. The lowest BCUT2D eigenvalue weighted by Crippen LogP contribution is -2.35. The summed E-state index contributed by atoms with van der Waals surface area (Å²) in [4.78, 5) is 21.8. The van der Waals surface area contributed by atoms with Gasteiger partial charge in [0.1, 0.15) is 0 Å². The van der Waals surface area contributed by atoms with E-state index in [1.54, 1.807) is 18.7 Å². The van der Waals surface area contributed by atoms with Gasteiger partial charge in [0.25, 0.3) is 0 Å². The van der Waals surface area contributed by atoms with Gasteiger partial charge in [-0.05, 0) is 12.7 Å². The van der Waals surface area contributed by atoms with Crippen LogP contribution in [0, 0.1) is 0 Å². The van der Waals surface area contributed by atoms with Crippen molar-refractivity contribution in [3.05, 3.63) is 18.0 Å². The van der Waals surface area contributed by atoms with Crippen LogP contribution in [0.1, 0.15) is 18.9 Å². The molecular formula is C12H18N4OS. The highest BCUT2D eigenvalue weighted by Gasteiger charge is 2.22. The summed E-state index contributed by atoms with van der Waals surface area (Å²) in [6.45, 7) is 4.33. The lowest BCUT2D eigenvalue weighted by molar-refractivity contribution is -0.119. The number of carbonyl (C=O) groups excluding carboxylic acids is 1. The molecule has 6 heteroatoms. The number of hydrogen-bond donors (Lipinski definition) is 1. The molecular weight excluding hydrogens is 248 g/mol. The minimum atomic E-state index is 0.0505. The number of nitrogens with zero attached hydrogens (tertiary/aromatic N) is 3. The molecule has 0 saturated carbocycles. The molecule has 1 aromatic heterocycles. The molecule has 1 aliphatic rings. The predicted octanol–water partition coefficient (Wildman–Crippen LogP) is 0.909. The maximum absolute atomic E-state index is 11.0. The molecule has 0 radical (unpaired) electrons. The lowest BCUT2D eigenvalue weighted by Gasteiger charge is -2.16. The highest BCUT2D eigenvalue weighted by Crippen LogP contribution is 2.14. The summed E-state index contributed by atoms with van der Waals surface area (Å²) < 4.78 is 0. The predicted molar refractivity (Wildman–Crippen MR) is 71.3 cm³/mol. The summed E-state index contributed by atoms with van der Waals surface area (Å²) in [7, 11) is 0. The van der Waals surface area contributed by atoms with Gasteiger partial charge in [0.2, 0.25) is 5.91 Å². The molecule has 0 aromatic carbocycles. The van der Waals surface area contributed by atoms with E-state index in [0.717, 1.165) is 36.8 Å². The third-order valence-corrected chi connectivity index (χ3v) is 3.53. The van der Waals surface area contributed by atoms with Crippen LogP contribution in [0.3, 0.4) is 0 Å². The molecule has 98 valence electrons. The van der Waals surface area contributed by atoms with Crippen molar-refractivity contribution in [2.24, 2.45) is 0 Å². The Labute approximate surface area is 111 Å². The number of nitrogens with one attached hydrogen (secondary N) is 1. The van der Waals surface area contributed by atoms with E-state index in [0.29, 0.717) is 0 Å². The number of likely N-dealkylation sites (tertiary alicyclic amines) is 1. The van der Waals surface area contributed by atoms with E-state index in [-0.39, 0.29) is 11.9 Å². The first-order chi connectivity index (χ1) is 8.67. The fraction of sp³-hybridized carbons (Fsp3) is 0.583. The summed E-state index contributed by atoms with van der Waals surface area (Å²) in [5.74, 6) is 0.0505. The van der Waals surface area contributed by atoms with Crippen LogP contribution < -0.4 is 5.32 Å². The molecule has 0 aliphatic carbocycles. The summed E-state index contributed by atoms with van der Waals surface area (Å²) in [5.41, 5.74) is 1.12. The molecule has 1 saturated heterocycles. The van der Waals surface area contributed by atoms with Crippen LogP contribution in [0.4, 0.5) is 0 Å². The number of aromatic nitrogens is 2. The van der Waals surface area contributed by atoms with Crippen molar-refractivity contribution in [2.75, 3.05) is 19.3 Å². The van der Waals surface area contributed by atoms with E-state index in [1.807, 2.05) is 18.6 Å². The van der Waals surface area contributed by atoms with Crippen molar-refractivity contribution in [1.29, 1.82) is 0 Å². The molecule has 2 rings (SSSR count). The average molecular weight is 266 g/mol. The van der Waals surface area contributed by atoms with E-state index in [9.17, 15) is 4.79 Å². The number of hydrogen-bond acceptors (Lipinski definition) is 5. The normalized spacial score (nSPS) is 20.0. The van der Waals surface area contributed by atoms with Gasteiger partial charge in [-0.15, -0.1) is 0 Å². The van der Waals surface area contributed by atoms with Gasteiger partial charge in [0.15, 0.2) is 5.16 Å². The Balaban J connectivity index is 1.85. The van der Waals surface area contributed by atoms with E-state index in [2.05, 4.69) is 20.2 Å². The van der Waals surface area contributed by atoms with Gasteiger partial charge in [-0.25, -0.2) is 9.97 Å². The Morgan fingerprint density at radius 3 is 2.89 bits per heavy atom. The summed E-state index contributed by atoms with van der Waals surface area (Å²) in [5, 5.41) is 3.76. The smallest absolute Gasteiger partial charge is 0.217 e. The summed E-state index contributed by atoms with van der Waals surface area (Å²) >= 11 is 1.54. The average Bonchev–Trinajstić information content (AvgIpc) is 2.76. The fourth-order valence-corrected chi connectivity index (χ4v) is 2.49. The van der Waals surface area contributed by atoms with Crippen molar-refractivity contribution in [1.82, 2.24) is 20.2 Å². The second-order valence-corrected chi connectivity index (χ2v) is 5.27. The van der Waals surface area contributed by atoms with Crippen molar-refractivity contribution < 1.29 is 4.79 Å². The molecule has 1 N–H and O–H groups in total. The molecule has 1 aromatic rings. The largest absolute Gasteiger partial charge is 0.352 e. The Morgan fingerprint density at radius 1 is 1.56 bits per heavy atom. The highest BCUT2D eigenvalue weighted by molar-refractivity contribution is 7.98. The second kappa shape index (κ2) is 6.15. The molecule has 0 bridgehead atoms. The number of rotatable bonds is 4. The van der Waals surface area contributed by atoms with Crippen LogP contribution in [0.5, 0.6) is 0 Å². The minimum Gasteiger partial charge on any atom is -0.352 e. The lowest BCUT2D eigenvalue weighted by atomic mass is 10.2. The first kappa shape index (κ1) is 13.3.